The van der Waals surface area contributed by atoms with Crippen molar-refractivity contribution in [2.75, 3.05) is 12.8 Å². The highest BCUT2D eigenvalue weighted by atomic mass is 32.2. The molecular formula is C23H27N3O5S. The second-order valence-electron chi connectivity index (χ2n) is 8.18. The Hall–Kier alpha value is -3.17. The van der Waals surface area contributed by atoms with E-state index < -0.39 is 26.7 Å². The monoisotopic (exact) mass is 457 g/mol. The molecule has 0 fully saturated rings. The number of amides is 1. The number of nitrogens with one attached hydrogen (secondary N) is 1. The Morgan fingerprint density at radius 3 is 2.44 bits per heavy atom. The smallest absolute Gasteiger partial charge is 0.255 e. The van der Waals surface area contributed by atoms with Crippen molar-refractivity contribution in [1.29, 1.82) is 0 Å². The predicted octanol–water partition coefficient (Wildman–Crippen LogP) is 2.68. The summed E-state index contributed by atoms with van der Waals surface area (Å²) in [7, 11) is -3.68. The van der Waals surface area contributed by atoms with Gasteiger partial charge in [-0.05, 0) is 31.5 Å². The average molecular weight is 458 g/mol. The number of sulfone groups is 1. The van der Waals surface area contributed by atoms with Crippen LogP contribution in [0.2, 0.25) is 0 Å². The molecule has 3 aromatic rings. The summed E-state index contributed by atoms with van der Waals surface area (Å²) in [6.07, 6.45) is 2.90. The summed E-state index contributed by atoms with van der Waals surface area (Å²) in [6.45, 7) is 3.20. The number of hydrogen-bond acceptors (Lipinski definition) is 6. The van der Waals surface area contributed by atoms with E-state index in [1.165, 1.54) is 23.7 Å². The highest BCUT2D eigenvalue weighted by Gasteiger charge is 2.39. The van der Waals surface area contributed by atoms with Gasteiger partial charge in [0.05, 0.1) is 16.5 Å². The maximum atomic E-state index is 12.6. The topological polar surface area (TPSA) is 122 Å². The van der Waals surface area contributed by atoms with Gasteiger partial charge in [-0.3, -0.25) is 4.79 Å². The van der Waals surface area contributed by atoms with Crippen molar-refractivity contribution in [2.45, 2.75) is 31.2 Å². The van der Waals surface area contributed by atoms with Crippen molar-refractivity contribution in [3.8, 4) is 16.9 Å². The lowest BCUT2D eigenvalue weighted by molar-refractivity contribution is 0.0689. The van der Waals surface area contributed by atoms with Crippen molar-refractivity contribution in [1.82, 2.24) is 15.1 Å². The maximum absolute atomic E-state index is 12.6. The molecule has 0 saturated heterocycles. The van der Waals surface area contributed by atoms with Crippen LogP contribution in [0.5, 0.6) is 5.75 Å². The van der Waals surface area contributed by atoms with Gasteiger partial charge in [0.1, 0.15) is 12.0 Å². The normalized spacial score (nSPS) is 14.5. The van der Waals surface area contributed by atoms with E-state index >= 15 is 0 Å². The molecule has 1 aromatic heterocycles. The fourth-order valence-corrected chi connectivity index (χ4v) is 4.04. The van der Waals surface area contributed by atoms with Gasteiger partial charge in [0.15, 0.2) is 9.84 Å². The van der Waals surface area contributed by atoms with Gasteiger partial charge in [0.2, 0.25) is 0 Å². The number of carbonyl (C=O) groups is 1. The number of rotatable bonds is 8. The van der Waals surface area contributed by atoms with Crippen LogP contribution in [-0.2, 0) is 9.84 Å². The Balaban J connectivity index is 1.76. The molecule has 1 amide bonds. The summed E-state index contributed by atoms with van der Waals surface area (Å²) in [6, 6.07) is 13.8. The number of phenols is 1. The van der Waals surface area contributed by atoms with Crippen LogP contribution in [0.1, 0.15) is 35.5 Å². The van der Waals surface area contributed by atoms with Crippen LogP contribution in [0.25, 0.3) is 11.1 Å². The molecule has 0 aliphatic rings. The molecule has 3 N–H and O–H groups in total. The Kier molecular flexibility index (Phi) is 6.71. The third-order valence-corrected chi connectivity index (χ3v) is 7.67. The van der Waals surface area contributed by atoms with E-state index in [1.807, 2.05) is 31.2 Å². The number of carbonyl (C=O) groups excluding carboxylic acids is 1. The molecule has 2 atom stereocenters. The molecule has 0 aliphatic heterocycles. The SMILES string of the molecule is Cc1ccc(-c2cnn(C(O)CC(C)(CNC(=O)c3ccccc3O)S(C)(=O)=O)c2)cc1. The van der Waals surface area contributed by atoms with E-state index in [-0.39, 0.29) is 24.3 Å². The third kappa shape index (κ3) is 5.17. The highest BCUT2D eigenvalue weighted by Crippen LogP contribution is 2.28. The highest BCUT2D eigenvalue weighted by molar-refractivity contribution is 7.92. The van der Waals surface area contributed by atoms with E-state index in [0.29, 0.717) is 0 Å². The zero-order valence-electron chi connectivity index (χ0n) is 18.2. The van der Waals surface area contributed by atoms with Gasteiger partial charge >= 0.3 is 0 Å². The van der Waals surface area contributed by atoms with E-state index in [9.17, 15) is 23.4 Å². The summed E-state index contributed by atoms with van der Waals surface area (Å²) >= 11 is 0. The van der Waals surface area contributed by atoms with Crippen molar-refractivity contribution in [3.63, 3.8) is 0 Å². The van der Waals surface area contributed by atoms with Gasteiger partial charge in [0, 0.05) is 31.0 Å². The fraction of sp³-hybridized carbons (Fsp3) is 0.304. The zero-order valence-corrected chi connectivity index (χ0v) is 19.0. The number of aryl methyl sites for hydroxylation is 1. The van der Waals surface area contributed by atoms with Crippen molar-refractivity contribution in [2.24, 2.45) is 0 Å². The number of aromatic nitrogens is 2. The lowest BCUT2D eigenvalue weighted by Crippen LogP contribution is -2.47. The van der Waals surface area contributed by atoms with Gasteiger partial charge in [-0.25, -0.2) is 13.1 Å². The second kappa shape index (κ2) is 9.13. The molecule has 9 heteroatoms. The predicted molar refractivity (Wildman–Crippen MR) is 122 cm³/mol. The summed E-state index contributed by atoms with van der Waals surface area (Å²) < 4.78 is 24.9. The maximum Gasteiger partial charge on any atom is 0.255 e. The largest absolute Gasteiger partial charge is 0.507 e. The van der Waals surface area contributed by atoms with Crippen LogP contribution < -0.4 is 5.32 Å². The number of phenolic OH excluding ortho intramolecular Hbond substituents is 1. The Bertz CT molecular complexity index is 1200. The van der Waals surface area contributed by atoms with E-state index in [1.54, 1.807) is 24.5 Å². The number of benzene rings is 2. The molecule has 0 saturated carbocycles. The van der Waals surface area contributed by atoms with Gasteiger partial charge in [-0.15, -0.1) is 0 Å². The summed E-state index contributed by atoms with van der Waals surface area (Å²) in [4.78, 5) is 12.4. The standard InChI is InChI=1S/C23H27N3O5S/c1-16-8-10-17(11-9-16)18-13-25-26(14-18)21(28)12-23(2,32(3,30)31)15-24-22(29)19-6-4-5-7-20(19)27/h4-11,13-14,21,27-28H,12,15H2,1-3H3,(H,24,29). The number of para-hydroxylation sites is 1. The Labute approximate surface area is 187 Å². The Morgan fingerprint density at radius 2 is 1.81 bits per heavy atom. The molecular weight excluding hydrogens is 430 g/mol. The van der Waals surface area contributed by atoms with Crippen LogP contribution in [0.15, 0.2) is 60.9 Å². The van der Waals surface area contributed by atoms with E-state index in [0.717, 1.165) is 22.9 Å². The number of aliphatic hydroxyl groups is 1. The van der Waals surface area contributed by atoms with Gasteiger partial charge in [-0.1, -0.05) is 42.0 Å². The molecule has 0 spiro atoms. The molecule has 2 unspecified atom stereocenters. The minimum absolute atomic E-state index is 0.0405. The molecule has 0 aliphatic carbocycles. The first-order valence-electron chi connectivity index (χ1n) is 10.1. The van der Waals surface area contributed by atoms with Crippen molar-refractivity contribution >= 4 is 15.7 Å². The zero-order chi connectivity index (χ0) is 23.5. The second-order valence-corrected chi connectivity index (χ2v) is 10.7. The van der Waals surface area contributed by atoms with Crippen molar-refractivity contribution < 1.29 is 23.4 Å². The minimum Gasteiger partial charge on any atom is -0.507 e. The molecule has 8 nitrogen and oxygen atoms in total. The lowest BCUT2D eigenvalue weighted by atomic mass is 10.1. The van der Waals surface area contributed by atoms with E-state index in [2.05, 4.69) is 10.4 Å². The molecule has 3 rings (SSSR count). The van der Waals surface area contributed by atoms with Crippen molar-refractivity contribution in [3.05, 3.63) is 72.1 Å². The van der Waals surface area contributed by atoms with Crippen LogP contribution in [0, 0.1) is 6.92 Å². The minimum atomic E-state index is -3.68. The quantitative estimate of drug-likeness (QED) is 0.478. The number of hydrogen-bond donors (Lipinski definition) is 3. The lowest BCUT2D eigenvalue weighted by Gasteiger charge is -2.30. The van der Waals surface area contributed by atoms with E-state index in [4.69, 9.17) is 0 Å². The van der Waals surface area contributed by atoms with Gasteiger partial charge < -0.3 is 15.5 Å². The average Bonchev–Trinajstić information content (AvgIpc) is 3.22. The number of aliphatic hydroxyl groups excluding tert-OH is 1. The van der Waals surface area contributed by atoms with Crippen LogP contribution in [0.3, 0.4) is 0 Å². The summed E-state index contributed by atoms with van der Waals surface area (Å²) in [5.41, 5.74) is 2.88. The summed E-state index contributed by atoms with van der Waals surface area (Å²) in [5.74, 6) is -0.806. The molecule has 0 bridgehead atoms. The first-order valence-corrected chi connectivity index (χ1v) is 11.9. The molecule has 2 aromatic carbocycles. The molecule has 0 radical (unpaired) electrons. The van der Waals surface area contributed by atoms with Crippen LogP contribution in [0.4, 0.5) is 0 Å². The van der Waals surface area contributed by atoms with Crippen LogP contribution in [-0.4, -0.2) is 51.9 Å². The fourth-order valence-electron chi connectivity index (χ4n) is 3.26. The molecule has 32 heavy (non-hydrogen) atoms. The molecule has 170 valence electrons. The first-order chi connectivity index (χ1) is 15.0. The Morgan fingerprint density at radius 1 is 1.16 bits per heavy atom. The van der Waals surface area contributed by atoms with Gasteiger partial charge in [0.25, 0.3) is 5.91 Å². The van der Waals surface area contributed by atoms with Gasteiger partial charge in [-0.2, -0.15) is 5.10 Å². The number of aromatic hydroxyl groups is 1. The van der Waals surface area contributed by atoms with Crippen LogP contribution >= 0.6 is 0 Å². The third-order valence-electron chi connectivity index (χ3n) is 5.57. The molecule has 1 heterocycles. The summed E-state index contributed by atoms with van der Waals surface area (Å²) in [5, 5.41) is 27.3. The first kappa shape index (κ1) is 23.5. The number of nitrogens with zero attached hydrogens (tertiary/aromatic N) is 2.